The van der Waals surface area contributed by atoms with Gasteiger partial charge in [0, 0.05) is 9.64 Å². The monoisotopic (exact) mass is 486 g/mol. The van der Waals surface area contributed by atoms with Crippen LogP contribution in [0.3, 0.4) is 0 Å². The van der Waals surface area contributed by atoms with Crippen molar-refractivity contribution in [2.45, 2.75) is 0 Å². The number of rotatable bonds is 4. The van der Waals surface area contributed by atoms with Crippen LogP contribution in [-0.2, 0) is 0 Å². The number of amides is 2. The molecular formula is C20H11IN2O5. The van der Waals surface area contributed by atoms with Gasteiger partial charge in [-0.2, -0.15) is 0 Å². The van der Waals surface area contributed by atoms with Crippen LogP contribution in [0.2, 0.25) is 0 Å². The number of anilines is 1. The van der Waals surface area contributed by atoms with E-state index >= 15 is 0 Å². The molecule has 0 aliphatic carbocycles. The highest BCUT2D eigenvalue weighted by Crippen LogP contribution is 2.33. The Morgan fingerprint density at radius 2 is 1.57 bits per heavy atom. The Kier molecular flexibility index (Phi) is 4.55. The molecule has 0 saturated heterocycles. The van der Waals surface area contributed by atoms with Gasteiger partial charge in [0.15, 0.2) is 0 Å². The summed E-state index contributed by atoms with van der Waals surface area (Å²) >= 11 is 2.11. The Labute approximate surface area is 172 Å². The zero-order valence-corrected chi connectivity index (χ0v) is 16.3. The maximum atomic E-state index is 12.8. The van der Waals surface area contributed by atoms with Gasteiger partial charge in [-0.1, -0.05) is 12.1 Å². The number of carbonyl (C=O) groups excluding carboxylic acids is 2. The van der Waals surface area contributed by atoms with Gasteiger partial charge in [-0.05, 0) is 65.1 Å². The molecule has 1 aliphatic heterocycles. The number of hydrogen-bond acceptors (Lipinski definition) is 5. The molecule has 0 unspecified atom stereocenters. The minimum absolute atomic E-state index is 0.102. The van der Waals surface area contributed by atoms with E-state index < -0.39 is 16.7 Å². The molecule has 4 rings (SSSR count). The number of carbonyl (C=O) groups is 2. The van der Waals surface area contributed by atoms with Crippen molar-refractivity contribution in [3.63, 3.8) is 0 Å². The first-order valence-electron chi connectivity index (χ1n) is 8.15. The second-order valence-corrected chi connectivity index (χ2v) is 7.24. The van der Waals surface area contributed by atoms with Crippen molar-refractivity contribution < 1.29 is 19.2 Å². The van der Waals surface area contributed by atoms with Gasteiger partial charge in [0.25, 0.3) is 17.5 Å². The van der Waals surface area contributed by atoms with E-state index in [1.807, 2.05) is 6.07 Å². The van der Waals surface area contributed by atoms with Crippen molar-refractivity contribution in [1.82, 2.24) is 0 Å². The maximum absolute atomic E-state index is 12.8. The van der Waals surface area contributed by atoms with E-state index in [1.165, 1.54) is 30.3 Å². The van der Waals surface area contributed by atoms with Crippen LogP contribution in [-0.4, -0.2) is 16.7 Å². The molecule has 7 nitrogen and oxygen atoms in total. The van der Waals surface area contributed by atoms with Crippen LogP contribution in [0.25, 0.3) is 0 Å². The number of fused-ring (bicyclic) bond motifs is 1. The van der Waals surface area contributed by atoms with Gasteiger partial charge < -0.3 is 4.74 Å². The molecule has 0 atom stereocenters. The molecule has 3 aromatic carbocycles. The predicted octanol–water partition coefficient (Wildman–Crippen LogP) is 4.79. The van der Waals surface area contributed by atoms with Crippen molar-refractivity contribution in [2.75, 3.05) is 4.90 Å². The lowest BCUT2D eigenvalue weighted by molar-refractivity contribution is -0.384. The third-order valence-electron chi connectivity index (χ3n) is 4.19. The van der Waals surface area contributed by atoms with Crippen LogP contribution in [0, 0.1) is 13.7 Å². The average Bonchev–Trinajstić information content (AvgIpc) is 2.92. The molecule has 138 valence electrons. The van der Waals surface area contributed by atoms with Crippen LogP contribution < -0.4 is 9.64 Å². The van der Waals surface area contributed by atoms with Crippen molar-refractivity contribution in [1.29, 1.82) is 0 Å². The summed E-state index contributed by atoms with van der Waals surface area (Å²) in [7, 11) is 0. The highest BCUT2D eigenvalue weighted by Gasteiger charge is 2.37. The third-order valence-corrected chi connectivity index (χ3v) is 4.86. The minimum atomic E-state index is -0.517. The van der Waals surface area contributed by atoms with Crippen molar-refractivity contribution in [3.05, 3.63) is 91.5 Å². The molecule has 0 radical (unpaired) electrons. The topological polar surface area (TPSA) is 89.7 Å². The molecule has 2 amide bonds. The lowest BCUT2D eigenvalue weighted by atomic mass is 10.1. The van der Waals surface area contributed by atoms with Crippen LogP contribution in [0.5, 0.6) is 11.5 Å². The Bertz CT molecular complexity index is 1140. The fourth-order valence-electron chi connectivity index (χ4n) is 2.93. The van der Waals surface area contributed by atoms with Gasteiger partial charge in [-0.25, -0.2) is 4.90 Å². The first-order valence-corrected chi connectivity index (χ1v) is 9.22. The zero-order valence-electron chi connectivity index (χ0n) is 14.2. The van der Waals surface area contributed by atoms with Gasteiger partial charge in [-0.3, -0.25) is 19.7 Å². The Morgan fingerprint density at radius 1 is 0.857 bits per heavy atom. The largest absolute Gasteiger partial charge is 0.457 e. The van der Waals surface area contributed by atoms with E-state index in [9.17, 15) is 19.7 Å². The van der Waals surface area contributed by atoms with E-state index in [-0.39, 0.29) is 22.6 Å². The van der Waals surface area contributed by atoms with Gasteiger partial charge in [0.2, 0.25) is 0 Å². The zero-order chi connectivity index (χ0) is 19.8. The summed E-state index contributed by atoms with van der Waals surface area (Å²) in [5, 5.41) is 10.9. The summed E-state index contributed by atoms with van der Waals surface area (Å²) in [4.78, 5) is 37.0. The molecular weight excluding hydrogens is 475 g/mol. The van der Waals surface area contributed by atoms with Crippen molar-refractivity contribution in [2.24, 2.45) is 0 Å². The molecule has 0 aromatic heterocycles. The van der Waals surface area contributed by atoms with Crippen LogP contribution >= 0.6 is 22.6 Å². The molecule has 0 bridgehead atoms. The molecule has 0 fully saturated rings. The molecule has 1 heterocycles. The summed E-state index contributed by atoms with van der Waals surface area (Å²) in [6.45, 7) is 0. The van der Waals surface area contributed by atoms with Gasteiger partial charge in [0.1, 0.15) is 11.5 Å². The first-order chi connectivity index (χ1) is 13.4. The SMILES string of the molecule is O=C1c2ccc(Oc3cccc([N+](=O)[O-])c3)cc2C(=O)N1c1cccc(I)c1. The number of ether oxygens (including phenoxy) is 1. The van der Waals surface area contributed by atoms with Gasteiger partial charge >= 0.3 is 0 Å². The molecule has 0 saturated carbocycles. The second-order valence-electron chi connectivity index (χ2n) is 5.99. The van der Waals surface area contributed by atoms with E-state index in [2.05, 4.69) is 22.6 Å². The van der Waals surface area contributed by atoms with Crippen LogP contribution in [0.4, 0.5) is 11.4 Å². The Hall–Kier alpha value is -3.27. The lowest BCUT2D eigenvalue weighted by Gasteiger charge is -2.13. The predicted molar refractivity (Wildman–Crippen MR) is 110 cm³/mol. The molecule has 0 N–H and O–H groups in total. The van der Waals surface area contributed by atoms with Crippen molar-refractivity contribution >= 4 is 45.8 Å². The smallest absolute Gasteiger partial charge is 0.273 e. The Balaban J connectivity index is 1.66. The standard InChI is InChI=1S/C20H11IN2O5/c21-12-3-1-4-13(9-12)22-19(24)17-8-7-16(11-18(17)20(22)25)28-15-6-2-5-14(10-15)23(26)27/h1-11H. The van der Waals surface area contributed by atoms with E-state index in [1.54, 1.807) is 30.3 Å². The van der Waals surface area contributed by atoms with E-state index in [0.717, 1.165) is 8.47 Å². The minimum Gasteiger partial charge on any atom is -0.457 e. The summed E-state index contributed by atoms with van der Waals surface area (Å²) < 4.78 is 6.55. The van der Waals surface area contributed by atoms with Crippen LogP contribution in [0.15, 0.2) is 66.7 Å². The fourth-order valence-corrected chi connectivity index (χ4v) is 3.46. The summed E-state index contributed by atoms with van der Waals surface area (Å²) in [5.74, 6) is -0.263. The fraction of sp³-hybridized carbons (Fsp3) is 0. The number of hydrogen-bond donors (Lipinski definition) is 0. The summed E-state index contributed by atoms with van der Waals surface area (Å²) in [6, 6.07) is 17.4. The molecule has 1 aliphatic rings. The van der Waals surface area contributed by atoms with E-state index in [0.29, 0.717) is 11.4 Å². The number of nitro benzene ring substituents is 1. The number of nitrogens with zero attached hydrogens (tertiary/aromatic N) is 2. The summed E-state index contributed by atoms with van der Waals surface area (Å²) in [5.41, 5.74) is 0.913. The molecule has 8 heteroatoms. The van der Waals surface area contributed by atoms with E-state index in [4.69, 9.17) is 4.74 Å². The number of non-ortho nitro benzene ring substituents is 1. The van der Waals surface area contributed by atoms with Gasteiger partial charge in [0.05, 0.1) is 27.8 Å². The average molecular weight is 486 g/mol. The molecule has 28 heavy (non-hydrogen) atoms. The highest BCUT2D eigenvalue weighted by atomic mass is 127. The molecule has 0 spiro atoms. The summed E-state index contributed by atoms with van der Waals surface area (Å²) in [6.07, 6.45) is 0. The Morgan fingerprint density at radius 3 is 2.32 bits per heavy atom. The van der Waals surface area contributed by atoms with Gasteiger partial charge in [-0.15, -0.1) is 0 Å². The number of halogens is 1. The number of benzene rings is 3. The third kappa shape index (κ3) is 3.22. The van der Waals surface area contributed by atoms with Crippen LogP contribution in [0.1, 0.15) is 20.7 Å². The maximum Gasteiger partial charge on any atom is 0.273 e. The second kappa shape index (κ2) is 7.04. The lowest BCUT2D eigenvalue weighted by Crippen LogP contribution is -2.29. The van der Waals surface area contributed by atoms with Crippen molar-refractivity contribution in [3.8, 4) is 11.5 Å². The first kappa shape index (κ1) is 18.1. The number of nitro groups is 1. The molecule has 3 aromatic rings. The highest BCUT2D eigenvalue weighted by molar-refractivity contribution is 14.1. The normalized spacial score (nSPS) is 12.8. The number of imide groups is 1. The quantitative estimate of drug-likeness (QED) is 0.229.